The molecule has 1 atom stereocenters. The Morgan fingerprint density at radius 1 is 1.04 bits per heavy atom. The maximum Gasteiger partial charge on any atom is 0.242 e. The van der Waals surface area contributed by atoms with Crippen LogP contribution in [0.4, 0.5) is 10.1 Å². The van der Waals surface area contributed by atoms with Crippen LogP contribution >= 0.6 is 0 Å². The van der Waals surface area contributed by atoms with Gasteiger partial charge in [-0.1, -0.05) is 42.5 Å². The zero-order valence-corrected chi connectivity index (χ0v) is 15.1. The maximum atomic E-state index is 12.9. The van der Waals surface area contributed by atoms with Crippen molar-refractivity contribution in [2.24, 2.45) is 0 Å². The van der Waals surface area contributed by atoms with Gasteiger partial charge in [-0.2, -0.15) is 0 Å². The first-order chi connectivity index (χ1) is 12.5. The van der Waals surface area contributed by atoms with Gasteiger partial charge >= 0.3 is 0 Å². The molecule has 4 heteroatoms. The number of hydrogen-bond acceptors (Lipinski definition) is 2. The maximum absolute atomic E-state index is 12.9. The predicted octanol–water partition coefficient (Wildman–Crippen LogP) is 4.16. The lowest BCUT2D eigenvalue weighted by Crippen LogP contribution is -2.44. The number of fused-ring (bicyclic) bond motifs is 1. The van der Waals surface area contributed by atoms with E-state index in [1.807, 2.05) is 37.1 Å². The van der Waals surface area contributed by atoms with E-state index in [9.17, 15) is 9.18 Å². The van der Waals surface area contributed by atoms with Gasteiger partial charge in [0.2, 0.25) is 5.91 Å². The number of likely N-dealkylation sites (N-methyl/N-ethyl adjacent to an activating group) is 1. The number of nitrogens with one attached hydrogen (secondary N) is 1. The van der Waals surface area contributed by atoms with Crippen molar-refractivity contribution >= 4 is 22.4 Å². The Hall–Kier alpha value is -2.88. The molecular weight excluding hydrogens is 327 g/mol. The van der Waals surface area contributed by atoms with E-state index in [1.54, 1.807) is 12.1 Å². The van der Waals surface area contributed by atoms with Crippen LogP contribution in [0.3, 0.4) is 0 Å². The number of carbonyl (C=O) groups excluding carboxylic acids is 1. The third kappa shape index (κ3) is 4.20. The Morgan fingerprint density at radius 2 is 1.73 bits per heavy atom. The zero-order chi connectivity index (χ0) is 18.5. The van der Waals surface area contributed by atoms with Crippen molar-refractivity contribution in [1.82, 2.24) is 5.32 Å². The molecule has 26 heavy (non-hydrogen) atoms. The van der Waals surface area contributed by atoms with E-state index in [4.69, 9.17) is 0 Å². The van der Waals surface area contributed by atoms with E-state index in [-0.39, 0.29) is 17.8 Å². The fraction of sp³-hybridized carbons (Fsp3) is 0.227. The van der Waals surface area contributed by atoms with Crippen molar-refractivity contribution < 1.29 is 9.18 Å². The summed E-state index contributed by atoms with van der Waals surface area (Å²) in [4.78, 5) is 14.4. The van der Waals surface area contributed by atoms with Gasteiger partial charge in [0.15, 0.2) is 0 Å². The summed E-state index contributed by atoms with van der Waals surface area (Å²) >= 11 is 0. The molecule has 0 saturated heterocycles. The van der Waals surface area contributed by atoms with E-state index in [1.165, 1.54) is 17.5 Å². The van der Waals surface area contributed by atoms with Gasteiger partial charge in [0, 0.05) is 19.3 Å². The molecule has 1 amide bonds. The molecule has 3 aromatic rings. The molecule has 0 aliphatic heterocycles. The zero-order valence-electron chi connectivity index (χ0n) is 15.1. The van der Waals surface area contributed by atoms with Crippen LogP contribution in [0.2, 0.25) is 0 Å². The van der Waals surface area contributed by atoms with Crippen LogP contribution in [0.1, 0.15) is 12.5 Å². The summed E-state index contributed by atoms with van der Waals surface area (Å²) in [5, 5.41) is 5.29. The summed E-state index contributed by atoms with van der Waals surface area (Å²) in [5.74, 6) is -0.272. The largest absolute Gasteiger partial charge is 0.363 e. The highest BCUT2D eigenvalue weighted by atomic mass is 19.1. The van der Waals surface area contributed by atoms with Crippen molar-refractivity contribution in [3.05, 3.63) is 78.1 Å². The van der Waals surface area contributed by atoms with E-state index in [2.05, 4.69) is 29.6 Å². The molecule has 0 spiro atoms. The third-order valence-electron chi connectivity index (χ3n) is 4.73. The standard InChI is InChI=1S/C22H23FN2O/c1-16(22(26)24-14-13-17-7-10-20(23)11-8-17)25(2)21-12-9-18-5-3-4-6-19(18)15-21/h3-12,15-16H,13-14H2,1-2H3,(H,24,26)/t16-/m0/s1. The van der Waals surface area contributed by atoms with Gasteiger partial charge in [-0.25, -0.2) is 4.39 Å². The number of hydrogen-bond donors (Lipinski definition) is 1. The molecule has 0 radical (unpaired) electrons. The summed E-state index contributed by atoms with van der Waals surface area (Å²) in [7, 11) is 1.92. The number of amides is 1. The molecule has 0 fully saturated rings. The first-order valence-corrected chi connectivity index (χ1v) is 8.78. The fourth-order valence-corrected chi connectivity index (χ4v) is 2.92. The quantitative estimate of drug-likeness (QED) is 0.724. The summed E-state index contributed by atoms with van der Waals surface area (Å²) in [6.07, 6.45) is 0.679. The molecule has 0 heterocycles. The van der Waals surface area contributed by atoms with Crippen LogP contribution in [0.25, 0.3) is 10.8 Å². The molecule has 3 rings (SSSR count). The second kappa shape index (κ2) is 8.00. The highest BCUT2D eigenvalue weighted by Gasteiger charge is 2.18. The monoisotopic (exact) mass is 350 g/mol. The third-order valence-corrected chi connectivity index (χ3v) is 4.73. The predicted molar refractivity (Wildman–Crippen MR) is 105 cm³/mol. The van der Waals surface area contributed by atoms with Crippen molar-refractivity contribution in [2.45, 2.75) is 19.4 Å². The SMILES string of the molecule is C[C@@H](C(=O)NCCc1ccc(F)cc1)N(C)c1ccc2ccccc2c1. The minimum absolute atomic E-state index is 0.0252. The van der Waals surface area contributed by atoms with Gasteiger partial charge in [-0.05, 0) is 53.9 Å². The lowest BCUT2D eigenvalue weighted by molar-refractivity contribution is -0.121. The molecule has 3 nitrogen and oxygen atoms in total. The minimum Gasteiger partial charge on any atom is -0.363 e. The first-order valence-electron chi connectivity index (χ1n) is 8.78. The topological polar surface area (TPSA) is 32.3 Å². The average Bonchev–Trinajstić information content (AvgIpc) is 2.68. The highest BCUT2D eigenvalue weighted by Crippen LogP contribution is 2.22. The van der Waals surface area contributed by atoms with Crippen molar-refractivity contribution in [2.75, 3.05) is 18.5 Å². The van der Waals surface area contributed by atoms with E-state index in [0.717, 1.165) is 16.6 Å². The van der Waals surface area contributed by atoms with Crippen LogP contribution < -0.4 is 10.2 Å². The smallest absolute Gasteiger partial charge is 0.242 e. The molecule has 1 N–H and O–H groups in total. The number of halogens is 1. The number of rotatable bonds is 6. The van der Waals surface area contributed by atoms with Crippen molar-refractivity contribution in [3.63, 3.8) is 0 Å². The van der Waals surface area contributed by atoms with Crippen LogP contribution in [0, 0.1) is 5.82 Å². The molecule has 0 aliphatic carbocycles. The van der Waals surface area contributed by atoms with E-state index in [0.29, 0.717) is 13.0 Å². The van der Waals surface area contributed by atoms with Crippen LogP contribution in [-0.2, 0) is 11.2 Å². The lowest BCUT2D eigenvalue weighted by atomic mass is 10.1. The van der Waals surface area contributed by atoms with Crippen molar-refractivity contribution in [1.29, 1.82) is 0 Å². The van der Waals surface area contributed by atoms with Crippen LogP contribution in [0.15, 0.2) is 66.7 Å². The Morgan fingerprint density at radius 3 is 2.46 bits per heavy atom. The summed E-state index contributed by atoms with van der Waals surface area (Å²) in [6, 6.07) is 20.4. The molecule has 0 bridgehead atoms. The van der Waals surface area contributed by atoms with E-state index < -0.39 is 0 Å². The molecule has 134 valence electrons. The molecule has 0 saturated carbocycles. The number of nitrogens with zero attached hydrogens (tertiary/aromatic N) is 1. The number of benzene rings is 3. The first kappa shape index (κ1) is 17.9. The second-order valence-corrected chi connectivity index (χ2v) is 6.49. The molecule has 0 aliphatic rings. The van der Waals surface area contributed by atoms with Gasteiger partial charge < -0.3 is 10.2 Å². The minimum atomic E-state index is -0.288. The van der Waals surface area contributed by atoms with Gasteiger partial charge in [0.1, 0.15) is 11.9 Å². The lowest BCUT2D eigenvalue weighted by Gasteiger charge is -2.26. The summed E-state index contributed by atoms with van der Waals surface area (Å²) in [6.45, 7) is 2.42. The summed E-state index contributed by atoms with van der Waals surface area (Å²) in [5.41, 5.74) is 2.01. The fourth-order valence-electron chi connectivity index (χ4n) is 2.92. The average molecular weight is 350 g/mol. The Balaban J connectivity index is 1.58. The Labute approximate surface area is 153 Å². The second-order valence-electron chi connectivity index (χ2n) is 6.49. The Bertz CT molecular complexity index is 892. The number of carbonyl (C=O) groups is 1. The summed E-state index contributed by atoms with van der Waals surface area (Å²) < 4.78 is 12.9. The van der Waals surface area contributed by atoms with E-state index >= 15 is 0 Å². The van der Waals surface area contributed by atoms with Gasteiger partial charge in [0.25, 0.3) is 0 Å². The molecule has 0 unspecified atom stereocenters. The Kier molecular flexibility index (Phi) is 5.52. The molecular formula is C22H23FN2O. The highest BCUT2D eigenvalue weighted by molar-refractivity contribution is 5.88. The van der Waals surface area contributed by atoms with Crippen LogP contribution in [-0.4, -0.2) is 25.5 Å². The normalized spacial score (nSPS) is 12.0. The molecule has 0 aromatic heterocycles. The van der Waals surface area contributed by atoms with Crippen molar-refractivity contribution in [3.8, 4) is 0 Å². The van der Waals surface area contributed by atoms with Gasteiger partial charge in [0.05, 0.1) is 0 Å². The van der Waals surface area contributed by atoms with Gasteiger partial charge in [-0.15, -0.1) is 0 Å². The molecule has 3 aromatic carbocycles. The number of anilines is 1. The van der Waals surface area contributed by atoms with Gasteiger partial charge in [-0.3, -0.25) is 4.79 Å². The van der Waals surface area contributed by atoms with Crippen LogP contribution in [0.5, 0.6) is 0 Å².